The van der Waals surface area contributed by atoms with Gasteiger partial charge in [0.15, 0.2) is 6.73 Å². The van der Waals surface area contributed by atoms with Crippen molar-refractivity contribution in [3.05, 3.63) is 63.4 Å². The van der Waals surface area contributed by atoms with Gasteiger partial charge in [-0.3, -0.25) is 14.4 Å². The van der Waals surface area contributed by atoms with E-state index in [1.54, 1.807) is 13.1 Å². The number of halogens is 2. The molecule has 0 saturated heterocycles. The SMILES string of the molecule is Cc1c(C(=O)C(=O)NC2(c3cnn(COCC[Si](C)(C)C)n3)CC2)c2n(c1C(=O)Nc1ccc(F)c(Cl)c1)[C@@H]1C[C@@H]1C2. The van der Waals surface area contributed by atoms with Crippen LogP contribution in [0.5, 0.6) is 0 Å². The van der Waals surface area contributed by atoms with Crippen molar-refractivity contribution in [2.75, 3.05) is 11.9 Å². The van der Waals surface area contributed by atoms with Crippen molar-refractivity contribution in [2.24, 2.45) is 5.92 Å². The predicted molar refractivity (Wildman–Crippen MR) is 157 cm³/mol. The number of nitrogens with one attached hydrogen (secondary N) is 2. The summed E-state index contributed by atoms with van der Waals surface area (Å²) in [5.41, 5.74) is 1.96. The topological polar surface area (TPSA) is 120 Å². The zero-order chi connectivity index (χ0) is 30.0. The number of nitrogens with zero attached hydrogens (tertiary/aromatic N) is 4. The van der Waals surface area contributed by atoms with E-state index in [0.29, 0.717) is 60.1 Å². The first kappa shape index (κ1) is 28.8. The summed E-state index contributed by atoms with van der Waals surface area (Å²) in [6.07, 6.45) is 4.45. The Labute approximate surface area is 248 Å². The van der Waals surface area contributed by atoms with E-state index in [4.69, 9.17) is 16.3 Å². The Morgan fingerprint density at radius 3 is 2.69 bits per heavy atom. The van der Waals surface area contributed by atoms with Gasteiger partial charge in [0, 0.05) is 32.1 Å². The summed E-state index contributed by atoms with van der Waals surface area (Å²) >= 11 is 5.89. The quantitative estimate of drug-likeness (QED) is 0.138. The molecule has 2 fully saturated rings. The number of ketones is 1. The molecule has 2 aromatic heterocycles. The number of ether oxygens (including phenoxy) is 1. The molecule has 2 N–H and O–H groups in total. The van der Waals surface area contributed by atoms with Crippen LogP contribution in [0.15, 0.2) is 24.4 Å². The van der Waals surface area contributed by atoms with Crippen LogP contribution in [-0.2, 0) is 28.2 Å². The molecule has 3 heterocycles. The van der Waals surface area contributed by atoms with E-state index < -0.39 is 37.0 Å². The van der Waals surface area contributed by atoms with E-state index in [9.17, 15) is 18.8 Å². The maximum absolute atomic E-state index is 13.6. The van der Waals surface area contributed by atoms with Crippen molar-refractivity contribution < 1.29 is 23.5 Å². The summed E-state index contributed by atoms with van der Waals surface area (Å²) in [5, 5.41) is 14.4. The first-order chi connectivity index (χ1) is 19.9. The number of hydrogen-bond donors (Lipinski definition) is 2. The molecule has 0 bridgehead atoms. The lowest BCUT2D eigenvalue weighted by Crippen LogP contribution is -2.40. The van der Waals surface area contributed by atoms with Crippen LogP contribution in [0.1, 0.15) is 63.1 Å². The fraction of sp³-hybridized carbons (Fsp3) is 0.483. The van der Waals surface area contributed by atoms with Gasteiger partial charge in [-0.05, 0) is 68.3 Å². The van der Waals surface area contributed by atoms with Crippen LogP contribution >= 0.6 is 11.6 Å². The molecule has 2 aliphatic carbocycles. The summed E-state index contributed by atoms with van der Waals surface area (Å²) in [4.78, 5) is 41.9. The van der Waals surface area contributed by atoms with Gasteiger partial charge in [0.05, 0.1) is 22.3 Å². The molecule has 1 aromatic carbocycles. The van der Waals surface area contributed by atoms with Crippen LogP contribution < -0.4 is 10.6 Å². The van der Waals surface area contributed by atoms with Gasteiger partial charge in [-0.25, -0.2) is 4.39 Å². The highest BCUT2D eigenvalue weighted by Gasteiger charge is 2.52. The highest BCUT2D eigenvalue weighted by Crippen LogP contribution is 2.54. The van der Waals surface area contributed by atoms with E-state index in [2.05, 4.69) is 40.5 Å². The Morgan fingerprint density at radius 1 is 1.24 bits per heavy atom. The normalized spacial score (nSPS) is 19.7. The minimum Gasteiger partial charge on any atom is -0.358 e. The Balaban J connectivity index is 1.17. The second kappa shape index (κ2) is 10.4. The van der Waals surface area contributed by atoms with Gasteiger partial charge in [-0.1, -0.05) is 31.2 Å². The van der Waals surface area contributed by atoms with Crippen molar-refractivity contribution in [3.63, 3.8) is 0 Å². The first-order valence-corrected chi connectivity index (χ1v) is 18.3. The van der Waals surface area contributed by atoms with Crippen LogP contribution in [0.25, 0.3) is 0 Å². The van der Waals surface area contributed by atoms with Crippen molar-refractivity contribution >= 4 is 43.0 Å². The zero-order valence-corrected chi connectivity index (χ0v) is 25.8. The number of anilines is 1. The number of Topliss-reactive ketones (excluding diaryl/α,β-unsaturated/α-hetero) is 1. The van der Waals surface area contributed by atoms with Gasteiger partial charge in [-0.2, -0.15) is 15.0 Å². The number of carbonyl (C=O) groups excluding carboxylic acids is 3. The van der Waals surface area contributed by atoms with Gasteiger partial charge in [0.1, 0.15) is 17.2 Å². The van der Waals surface area contributed by atoms with Crippen molar-refractivity contribution in [1.29, 1.82) is 0 Å². The summed E-state index contributed by atoms with van der Waals surface area (Å²) in [5.74, 6) is -2.08. The fourth-order valence-electron chi connectivity index (χ4n) is 5.76. The maximum Gasteiger partial charge on any atom is 0.293 e. The zero-order valence-electron chi connectivity index (χ0n) is 24.1. The molecule has 42 heavy (non-hydrogen) atoms. The third-order valence-corrected chi connectivity index (χ3v) is 10.4. The molecular formula is C29H34ClFN6O4Si. The molecule has 1 aliphatic heterocycles. The number of fused-ring (bicyclic) bond motifs is 3. The first-order valence-electron chi connectivity index (χ1n) is 14.2. The van der Waals surface area contributed by atoms with Crippen LogP contribution in [0.3, 0.4) is 0 Å². The molecular weight excluding hydrogens is 579 g/mol. The highest BCUT2D eigenvalue weighted by atomic mass is 35.5. The van der Waals surface area contributed by atoms with E-state index in [1.165, 1.54) is 23.0 Å². The fourth-order valence-corrected chi connectivity index (χ4v) is 6.70. The number of benzene rings is 1. The number of rotatable bonds is 11. The van der Waals surface area contributed by atoms with Crippen molar-refractivity contribution in [2.45, 2.75) is 76.6 Å². The highest BCUT2D eigenvalue weighted by molar-refractivity contribution is 6.76. The Kier molecular flexibility index (Phi) is 7.14. The molecule has 0 radical (unpaired) electrons. The molecule has 0 unspecified atom stereocenters. The van der Waals surface area contributed by atoms with Crippen LogP contribution in [-0.4, -0.2) is 51.8 Å². The molecule has 10 nitrogen and oxygen atoms in total. The van der Waals surface area contributed by atoms with Gasteiger partial charge >= 0.3 is 0 Å². The molecule has 3 aromatic rings. The Morgan fingerprint density at radius 2 is 2.00 bits per heavy atom. The standard InChI is InChI=1S/C29H34ClFN6O4Si/c1-16-24(22-12-17-11-21(17)37(22)25(16)27(39)33-18-5-6-20(31)19(30)13-18)26(38)28(40)34-29(7-8-29)23-14-32-36(35-23)15-41-9-10-42(2,3)4/h5-6,13-14,17,21H,7-12,15H2,1-4H3,(H,33,39)(H,34,40)/t17-,21-/m1/s1. The van der Waals surface area contributed by atoms with E-state index in [0.717, 1.165) is 12.5 Å². The van der Waals surface area contributed by atoms with E-state index >= 15 is 0 Å². The number of aromatic nitrogens is 4. The summed E-state index contributed by atoms with van der Waals surface area (Å²) in [6, 6.07) is 5.10. The number of carbonyl (C=O) groups is 3. The lowest BCUT2D eigenvalue weighted by molar-refractivity contribution is -0.118. The molecule has 2 amide bonds. The summed E-state index contributed by atoms with van der Waals surface area (Å²) < 4.78 is 21.3. The lowest BCUT2D eigenvalue weighted by Gasteiger charge is -2.15. The molecule has 6 rings (SSSR count). The minimum atomic E-state index is -1.20. The average molecular weight is 613 g/mol. The van der Waals surface area contributed by atoms with Crippen LogP contribution in [0.4, 0.5) is 10.1 Å². The number of amides is 2. The smallest absolute Gasteiger partial charge is 0.293 e. The Bertz CT molecular complexity index is 1610. The van der Waals surface area contributed by atoms with Gasteiger partial charge in [0.2, 0.25) is 0 Å². The molecule has 13 heteroatoms. The largest absolute Gasteiger partial charge is 0.358 e. The van der Waals surface area contributed by atoms with E-state index in [1.807, 2.05) is 4.57 Å². The molecule has 0 spiro atoms. The van der Waals surface area contributed by atoms with Gasteiger partial charge < -0.3 is 19.9 Å². The monoisotopic (exact) mass is 612 g/mol. The average Bonchev–Trinajstić information content (AvgIpc) is 3.74. The molecule has 3 aliphatic rings. The summed E-state index contributed by atoms with van der Waals surface area (Å²) in [7, 11) is -1.20. The summed E-state index contributed by atoms with van der Waals surface area (Å²) in [6.45, 7) is 9.41. The minimum absolute atomic E-state index is 0.108. The number of hydrogen-bond acceptors (Lipinski definition) is 6. The van der Waals surface area contributed by atoms with Crippen LogP contribution in [0.2, 0.25) is 30.7 Å². The molecule has 2 atom stereocenters. The third kappa shape index (κ3) is 5.43. The van der Waals surface area contributed by atoms with Crippen LogP contribution in [0, 0.1) is 18.7 Å². The second-order valence-electron chi connectivity index (χ2n) is 12.8. The third-order valence-electron chi connectivity index (χ3n) is 8.38. The second-order valence-corrected chi connectivity index (χ2v) is 18.9. The molecule has 2 saturated carbocycles. The van der Waals surface area contributed by atoms with Crippen molar-refractivity contribution in [1.82, 2.24) is 24.9 Å². The lowest BCUT2D eigenvalue weighted by atomic mass is 10.0. The Hall–Kier alpha value is -3.35. The van der Waals surface area contributed by atoms with Gasteiger partial charge in [-0.15, -0.1) is 0 Å². The maximum atomic E-state index is 13.6. The van der Waals surface area contributed by atoms with Gasteiger partial charge in [0.25, 0.3) is 17.6 Å². The molecule has 222 valence electrons. The predicted octanol–water partition coefficient (Wildman–Crippen LogP) is 4.85. The van der Waals surface area contributed by atoms with Crippen molar-refractivity contribution in [3.8, 4) is 0 Å². The van der Waals surface area contributed by atoms with E-state index in [-0.39, 0.29) is 23.4 Å².